The van der Waals surface area contributed by atoms with E-state index in [-0.39, 0.29) is 11.5 Å². The fourth-order valence-corrected chi connectivity index (χ4v) is 2.45. The number of phenolic OH excluding ortho intramolecular Hbond substituents is 2. The van der Waals surface area contributed by atoms with Crippen LogP contribution >= 0.6 is 0 Å². The minimum atomic E-state index is 0.150. The van der Waals surface area contributed by atoms with Gasteiger partial charge in [-0.3, -0.25) is 0 Å². The van der Waals surface area contributed by atoms with E-state index in [4.69, 9.17) is 4.74 Å². The summed E-state index contributed by atoms with van der Waals surface area (Å²) in [5.41, 5.74) is 2.80. The predicted molar refractivity (Wildman–Crippen MR) is 115 cm³/mol. The molecule has 2 rings (SSSR count). The van der Waals surface area contributed by atoms with Gasteiger partial charge in [-0.05, 0) is 26.0 Å². The number of hydrogen-bond acceptors (Lipinski definition) is 5. The van der Waals surface area contributed by atoms with E-state index >= 15 is 0 Å². The Hall–Kier alpha value is -2.92. The van der Waals surface area contributed by atoms with Crippen LogP contribution in [0, 0.1) is 0 Å². The van der Waals surface area contributed by atoms with E-state index < -0.39 is 0 Å². The van der Waals surface area contributed by atoms with Crippen LogP contribution in [0.4, 0.5) is 11.4 Å². The maximum Gasteiger partial charge on any atom is 0.139 e. The molecule has 0 saturated carbocycles. The van der Waals surface area contributed by atoms with Gasteiger partial charge in [-0.1, -0.05) is 36.4 Å². The van der Waals surface area contributed by atoms with Crippen LogP contribution in [0.1, 0.15) is 13.8 Å². The second-order valence-corrected chi connectivity index (χ2v) is 5.52. The molecule has 2 aromatic carbocycles. The fourth-order valence-electron chi connectivity index (χ4n) is 2.45. The Bertz CT molecular complexity index is 668. The van der Waals surface area contributed by atoms with E-state index in [2.05, 4.69) is 23.8 Å². The molecule has 0 heterocycles. The van der Waals surface area contributed by atoms with E-state index in [1.165, 1.54) is 0 Å². The maximum absolute atomic E-state index is 10.1. The number of benzene rings is 2. The molecule has 4 N–H and O–H groups in total. The number of para-hydroxylation sites is 2. The number of ether oxygens (including phenoxy) is 1. The summed E-state index contributed by atoms with van der Waals surface area (Å²) in [4.78, 5) is 0. The molecule has 0 aliphatic heterocycles. The third-order valence-corrected chi connectivity index (χ3v) is 3.63. The normalized spacial score (nSPS) is 9.70. The van der Waals surface area contributed by atoms with Crippen molar-refractivity contribution in [2.45, 2.75) is 13.8 Å². The summed E-state index contributed by atoms with van der Waals surface area (Å²) in [6.45, 7) is 14.1. The molecule has 5 heteroatoms. The molecule has 146 valence electrons. The Labute approximate surface area is 162 Å². The SMILES string of the molecule is C=CCNc1c(O)cccc1-c1cccc(O)c1NCC=C.CCOCC. The summed E-state index contributed by atoms with van der Waals surface area (Å²) in [7, 11) is 0. The highest BCUT2D eigenvalue weighted by molar-refractivity contribution is 5.90. The van der Waals surface area contributed by atoms with Gasteiger partial charge in [0, 0.05) is 37.4 Å². The highest BCUT2D eigenvalue weighted by atomic mass is 16.5. The summed E-state index contributed by atoms with van der Waals surface area (Å²) >= 11 is 0. The van der Waals surface area contributed by atoms with Crippen molar-refractivity contribution >= 4 is 11.4 Å². The van der Waals surface area contributed by atoms with Crippen LogP contribution in [0.25, 0.3) is 11.1 Å². The second kappa shape index (κ2) is 12.4. The van der Waals surface area contributed by atoms with Crippen LogP contribution in [-0.2, 0) is 4.74 Å². The quantitative estimate of drug-likeness (QED) is 0.369. The fraction of sp³-hybridized carbons (Fsp3) is 0.273. The van der Waals surface area contributed by atoms with E-state index in [0.717, 1.165) is 24.3 Å². The largest absolute Gasteiger partial charge is 0.506 e. The van der Waals surface area contributed by atoms with Crippen molar-refractivity contribution in [1.29, 1.82) is 0 Å². The molecule has 0 unspecified atom stereocenters. The highest BCUT2D eigenvalue weighted by Gasteiger charge is 2.14. The monoisotopic (exact) mass is 370 g/mol. The molecule has 0 atom stereocenters. The molecule has 27 heavy (non-hydrogen) atoms. The van der Waals surface area contributed by atoms with Crippen LogP contribution in [0.3, 0.4) is 0 Å². The third kappa shape index (κ3) is 6.72. The van der Waals surface area contributed by atoms with Gasteiger partial charge in [0.15, 0.2) is 0 Å². The summed E-state index contributed by atoms with van der Waals surface area (Å²) in [5, 5.41) is 26.5. The summed E-state index contributed by atoms with van der Waals surface area (Å²) in [5.74, 6) is 0.301. The molecule has 0 spiro atoms. The van der Waals surface area contributed by atoms with Crippen molar-refractivity contribution in [1.82, 2.24) is 0 Å². The molecule has 0 aliphatic rings. The molecule has 0 radical (unpaired) electrons. The Morgan fingerprint density at radius 2 is 1.22 bits per heavy atom. The summed E-state index contributed by atoms with van der Waals surface area (Å²) in [6.07, 6.45) is 3.44. The molecule has 0 aliphatic carbocycles. The topological polar surface area (TPSA) is 73.8 Å². The van der Waals surface area contributed by atoms with Crippen LogP contribution in [-0.4, -0.2) is 36.5 Å². The Balaban J connectivity index is 0.000000646. The van der Waals surface area contributed by atoms with E-state index in [1.54, 1.807) is 36.4 Å². The number of rotatable bonds is 9. The average Bonchev–Trinajstić information content (AvgIpc) is 2.67. The number of phenols is 2. The molecule has 2 aromatic rings. The number of hydrogen-bond donors (Lipinski definition) is 4. The smallest absolute Gasteiger partial charge is 0.139 e. The van der Waals surface area contributed by atoms with Crippen molar-refractivity contribution in [2.75, 3.05) is 36.9 Å². The van der Waals surface area contributed by atoms with Gasteiger partial charge in [0.05, 0.1) is 11.4 Å². The highest BCUT2D eigenvalue weighted by Crippen LogP contribution is 2.41. The molecular formula is C22H30N2O3. The Morgan fingerprint density at radius 3 is 1.52 bits per heavy atom. The molecule has 5 nitrogen and oxygen atoms in total. The molecule has 0 fully saturated rings. The lowest BCUT2D eigenvalue weighted by Crippen LogP contribution is -2.03. The molecule has 0 saturated heterocycles. The maximum atomic E-state index is 10.1. The second-order valence-electron chi connectivity index (χ2n) is 5.52. The zero-order chi connectivity index (χ0) is 20.1. The molecule has 0 aromatic heterocycles. The van der Waals surface area contributed by atoms with Gasteiger partial charge in [-0.15, -0.1) is 13.2 Å². The zero-order valence-corrected chi connectivity index (χ0v) is 16.2. The Morgan fingerprint density at radius 1 is 0.815 bits per heavy atom. The first-order valence-corrected chi connectivity index (χ1v) is 9.02. The van der Waals surface area contributed by atoms with E-state index in [0.29, 0.717) is 24.5 Å². The van der Waals surface area contributed by atoms with Crippen LogP contribution in [0.2, 0.25) is 0 Å². The van der Waals surface area contributed by atoms with Gasteiger partial charge < -0.3 is 25.6 Å². The Kier molecular flexibility index (Phi) is 10.2. The molecule has 0 amide bonds. The van der Waals surface area contributed by atoms with Gasteiger partial charge in [-0.2, -0.15) is 0 Å². The van der Waals surface area contributed by atoms with Crippen molar-refractivity contribution in [3.05, 3.63) is 61.7 Å². The zero-order valence-electron chi connectivity index (χ0n) is 16.2. The predicted octanol–water partition coefficient (Wildman–Crippen LogP) is 5.00. The van der Waals surface area contributed by atoms with Crippen LogP contribution in [0.5, 0.6) is 11.5 Å². The minimum absolute atomic E-state index is 0.150. The first-order chi connectivity index (χ1) is 13.1. The molecular weight excluding hydrogens is 340 g/mol. The van der Waals surface area contributed by atoms with Crippen LogP contribution in [0.15, 0.2) is 61.7 Å². The van der Waals surface area contributed by atoms with Crippen molar-refractivity contribution in [2.24, 2.45) is 0 Å². The van der Waals surface area contributed by atoms with Crippen molar-refractivity contribution in [3.8, 4) is 22.6 Å². The van der Waals surface area contributed by atoms with Gasteiger partial charge >= 0.3 is 0 Å². The third-order valence-electron chi connectivity index (χ3n) is 3.63. The average molecular weight is 370 g/mol. The van der Waals surface area contributed by atoms with Gasteiger partial charge in [0.25, 0.3) is 0 Å². The van der Waals surface area contributed by atoms with Crippen molar-refractivity contribution in [3.63, 3.8) is 0 Å². The standard InChI is InChI=1S/C18H20N2O2.C4H10O/c1-3-11-19-17-13(7-5-9-15(17)21)14-8-6-10-16(22)18(14)20-12-4-2;1-3-5-4-2/h3-10,19-22H,1-2,11-12H2;3-4H2,1-2H3. The number of anilines is 2. The summed E-state index contributed by atoms with van der Waals surface area (Å²) < 4.78 is 4.83. The van der Waals surface area contributed by atoms with Gasteiger partial charge in [0.2, 0.25) is 0 Å². The van der Waals surface area contributed by atoms with Gasteiger partial charge in [0.1, 0.15) is 11.5 Å². The minimum Gasteiger partial charge on any atom is -0.506 e. The van der Waals surface area contributed by atoms with E-state index in [9.17, 15) is 10.2 Å². The van der Waals surface area contributed by atoms with Crippen LogP contribution < -0.4 is 10.6 Å². The lowest BCUT2D eigenvalue weighted by Gasteiger charge is -2.17. The number of aromatic hydroxyl groups is 2. The van der Waals surface area contributed by atoms with Gasteiger partial charge in [-0.25, -0.2) is 0 Å². The van der Waals surface area contributed by atoms with Crippen molar-refractivity contribution < 1.29 is 14.9 Å². The first kappa shape index (κ1) is 22.1. The van der Waals surface area contributed by atoms with E-state index in [1.807, 2.05) is 26.0 Å². The number of nitrogens with one attached hydrogen (secondary N) is 2. The lowest BCUT2D eigenvalue weighted by molar-refractivity contribution is 0.162. The lowest BCUT2D eigenvalue weighted by atomic mass is 10.00. The first-order valence-electron chi connectivity index (χ1n) is 9.02. The summed E-state index contributed by atoms with van der Waals surface area (Å²) in [6, 6.07) is 10.6. The molecule has 0 bridgehead atoms.